The van der Waals surface area contributed by atoms with Gasteiger partial charge >= 0.3 is 0 Å². The molecule has 3 aromatic rings. The summed E-state index contributed by atoms with van der Waals surface area (Å²) in [7, 11) is 0. The Bertz CT molecular complexity index is 1020. The summed E-state index contributed by atoms with van der Waals surface area (Å²) in [6.45, 7) is 5.91. The summed E-state index contributed by atoms with van der Waals surface area (Å²) in [6.07, 6.45) is 0.459. The van der Waals surface area contributed by atoms with Crippen molar-refractivity contribution in [1.29, 1.82) is 0 Å². The number of carbonyl (C=O) groups excluding carboxylic acids is 2. The van der Waals surface area contributed by atoms with E-state index in [4.69, 9.17) is 0 Å². The van der Waals surface area contributed by atoms with E-state index in [1.54, 1.807) is 24.3 Å². The first-order chi connectivity index (χ1) is 15.4. The highest BCUT2D eigenvalue weighted by molar-refractivity contribution is 5.98. The summed E-state index contributed by atoms with van der Waals surface area (Å²) in [5.74, 6) is -0.109. The molecule has 0 saturated carbocycles. The lowest BCUT2D eigenvalue weighted by Gasteiger charge is -2.18. The maximum Gasteiger partial charge on any atom is 0.271 e. The van der Waals surface area contributed by atoms with E-state index >= 15 is 0 Å². The van der Waals surface area contributed by atoms with E-state index in [1.807, 2.05) is 57.2 Å². The van der Waals surface area contributed by atoms with E-state index in [9.17, 15) is 9.59 Å². The normalized spacial score (nSPS) is 11.5. The van der Waals surface area contributed by atoms with Crippen molar-refractivity contribution in [3.8, 4) is 0 Å². The third kappa shape index (κ3) is 6.38. The molecule has 0 radical (unpaired) electrons. The average Bonchev–Trinajstić information content (AvgIpc) is 2.79. The maximum atomic E-state index is 12.6. The Kier molecular flexibility index (Phi) is 7.92. The molecule has 3 aromatic carbocycles. The van der Waals surface area contributed by atoms with Crippen LogP contribution in [0.1, 0.15) is 54.6 Å². The van der Waals surface area contributed by atoms with Crippen molar-refractivity contribution >= 4 is 23.2 Å². The number of nitrogens with zero attached hydrogens (tertiary/aromatic N) is 1. The Morgan fingerprint density at radius 3 is 1.84 bits per heavy atom. The minimum atomic E-state index is -0.302. The van der Waals surface area contributed by atoms with Crippen molar-refractivity contribution in [3.63, 3.8) is 0 Å². The van der Waals surface area contributed by atoms with Gasteiger partial charge in [0.25, 0.3) is 5.91 Å². The van der Waals surface area contributed by atoms with Crippen molar-refractivity contribution in [2.24, 2.45) is 11.0 Å². The van der Waals surface area contributed by atoms with Gasteiger partial charge in [-0.2, -0.15) is 5.10 Å². The minimum Gasteiger partial charge on any atom is -0.326 e. The molecule has 2 N–H and O–H groups in total. The van der Waals surface area contributed by atoms with Crippen LogP contribution in [-0.4, -0.2) is 17.5 Å². The zero-order valence-corrected chi connectivity index (χ0v) is 18.7. The summed E-state index contributed by atoms with van der Waals surface area (Å²) in [6, 6.07) is 27.0. The molecule has 0 bridgehead atoms. The second-order valence-corrected chi connectivity index (χ2v) is 8.17. The summed E-state index contributed by atoms with van der Waals surface area (Å²) >= 11 is 0. The van der Waals surface area contributed by atoms with Crippen LogP contribution in [0, 0.1) is 5.92 Å². The third-order valence-corrected chi connectivity index (χ3v) is 5.04. The first kappa shape index (κ1) is 22.9. The number of hydrogen-bond acceptors (Lipinski definition) is 3. The Labute approximate surface area is 189 Å². The molecule has 0 fully saturated rings. The standard InChI is InChI=1S/C27H29N3O2/c1-19(2)18-25(31)28-24-16-14-23(15-17-24)27(32)30-29-20(3)26(21-10-6-4-7-11-21)22-12-8-5-9-13-22/h4-17,19,26H,18H2,1-3H3,(H,28,31)(H,30,32)/b29-20+. The topological polar surface area (TPSA) is 70.6 Å². The van der Waals surface area contributed by atoms with Gasteiger partial charge in [0.15, 0.2) is 0 Å². The Balaban J connectivity index is 1.71. The van der Waals surface area contributed by atoms with Crippen LogP contribution in [0.5, 0.6) is 0 Å². The number of hydrogen-bond donors (Lipinski definition) is 2. The molecule has 5 heteroatoms. The van der Waals surface area contributed by atoms with E-state index in [0.717, 1.165) is 16.8 Å². The average molecular weight is 428 g/mol. The maximum absolute atomic E-state index is 12.6. The lowest BCUT2D eigenvalue weighted by atomic mass is 9.88. The van der Waals surface area contributed by atoms with E-state index in [0.29, 0.717) is 17.7 Å². The number of carbonyl (C=O) groups is 2. The van der Waals surface area contributed by atoms with Crippen LogP contribution in [0.25, 0.3) is 0 Å². The van der Waals surface area contributed by atoms with Gasteiger partial charge in [-0.25, -0.2) is 5.43 Å². The van der Waals surface area contributed by atoms with Crippen LogP contribution in [0.3, 0.4) is 0 Å². The predicted molar refractivity (Wildman–Crippen MR) is 130 cm³/mol. The predicted octanol–water partition coefficient (Wildman–Crippen LogP) is 5.61. The molecular formula is C27H29N3O2. The molecule has 0 saturated heterocycles. The van der Waals surface area contributed by atoms with Crippen molar-refractivity contribution in [2.45, 2.75) is 33.1 Å². The zero-order chi connectivity index (χ0) is 22.9. The van der Waals surface area contributed by atoms with E-state index in [2.05, 4.69) is 40.1 Å². The highest BCUT2D eigenvalue weighted by Gasteiger charge is 2.18. The zero-order valence-electron chi connectivity index (χ0n) is 18.7. The smallest absolute Gasteiger partial charge is 0.271 e. The van der Waals surface area contributed by atoms with Crippen LogP contribution < -0.4 is 10.7 Å². The molecule has 0 aliphatic rings. The largest absolute Gasteiger partial charge is 0.326 e. The number of hydrazone groups is 1. The van der Waals surface area contributed by atoms with Crippen molar-refractivity contribution in [3.05, 3.63) is 102 Å². The monoisotopic (exact) mass is 427 g/mol. The van der Waals surface area contributed by atoms with Crippen LogP contribution in [0.4, 0.5) is 5.69 Å². The highest BCUT2D eigenvalue weighted by atomic mass is 16.2. The van der Waals surface area contributed by atoms with Crippen LogP contribution >= 0.6 is 0 Å². The first-order valence-electron chi connectivity index (χ1n) is 10.8. The summed E-state index contributed by atoms with van der Waals surface area (Å²) in [4.78, 5) is 24.5. The van der Waals surface area contributed by atoms with Gasteiger partial charge in [0.2, 0.25) is 5.91 Å². The van der Waals surface area contributed by atoms with Crippen LogP contribution in [0.15, 0.2) is 90.0 Å². The molecule has 32 heavy (non-hydrogen) atoms. The second kappa shape index (κ2) is 11.0. The molecule has 0 unspecified atom stereocenters. The number of benzene rings is 3. The van der Waals surface area contributed by atoms with Crippen molar-refractivity contribution in [2.75, 3.05) is 5.32 Å². The van der Waals surface area contributed by atoms with Gasteiger partial charge in [-0.05, 0) is 48.2 Å². The van der Waals surface area contributed by atoms with E-state index < -0.39 is 0 Å². The number of nitrogens with one attached hydrogen (secondary N) is 2. The molecule has 0 aliphatic heterocycles. The number of rotatable bonds is 8. The Morgan fingerprint density at radius 1 is 0.812 bits per heavy atom. The molecule has 0 atom stereocenters. The van der Waals surface area contributed by atoms with Gasteiger partial charge in [-0.15, -0.1) is 0 Å². The van der Waals surface area contributed by atoms with Crippen molar-refractivity contribution in [1.82, 2.24) is 5.43 Å². The Hall–Kier alpha value is -3.73. The fraction of sp³-hybridized carbons (Fsp3) is 0.222. The van der Waals surface area contributed by atoms with Gasteiger partial charge in [0, 0.05) is 29.3 Å². The van der Waals surface area contributed by atoms with Gasteiger partial charge in [-0.1, -0.05) is 74.5 Å². The molecule has 0 heterocycles. The van der Waals surface area contributed by atoms with E-state index in [1.165, 1.54) is 0 Å². The molecule has 3 rings (SSSR count). The SMILES string of the molecule is C/C(=N\NC(=O)c1ccc(NC(=O)CC(C)C)cc1)C(c1ccccc1)c1ccccc1. The van der Waals surface area contributed by atoms with Gasteiger partial charge < -0.3 is 5.32 Å². The molecule has 0 aliphatic carbocycles. The third-order valence-electron chi connectivity index (χ3n) is 5.04. The summed E-state index contributed by atoms with van der Waals surface area (Å²) < 4.78 is 0. The van der Waals surface area contributed by atoms with E-state index in [-0.39, 0.29) is 23.7 Å². The van der Waals surface area contributed by atoms with Crippen molar-refractivity contribution < 1.29 is 9.59 Å². The fourth-order valence-electron chi connectivity index (χ4n) is 3.52. The molecule has 0 spiro atoms. The second-order valence-electron chi connectivity index (χ2n) is 8.17. The summed E-state index contributed by atoms with van der Waals surface area (Å²) in [5, 5.41) is 7.25. The molecule has 164 valence electrons. The fourth-order valence-corrected chi connectivity index (χ4v) is 3.52. The van der Waals surface area contributed by atoms with Gasteiger partial charge in [0.1, 0.15) is 0 Å². The lowest BCUT2D eigenvalue weighted by Crippen LogP contribution is -2.22. The molecule has 2 amide bonds. The number of amides is 2. The van der Waals surface area contributed by atoms with Crippen LogP contribution in [0.2, 0.25) is 0 Å². The first-order valence-corrected chi connectivity index (χ1v) is 10.8. The Morgan fingerprint density at radius 2 is 1.34 bits per heavy atom. The highest BCUT2D eigenvalue weighted by Crippen LogP contribution is 2.26. The van der Waals surface area contributed by atoms with Crippen LogP contribution in [-0.2, 0) is 4.79 Å². The summed E-state index contributed by atoms with van der Waals surface area (Å²) in [5.41, 5.74) is 6.80. The number of anilines is 1. The molecule has 5 nitrogen and oxygen atoms in total. The molecule has 0 aromatic heterocycles. The lowest BCUT2D eigenvalue weighted by molar-refractivity contribution is -0.116. The molecular weight excluding hydrogens is 398 g/mol. The minimum absolute atomic E-state index is 0.0368. The van der Waals surface area contributed by atoms with Gasteiger partial charge in [-0.3, -0.25) is 9.59 Å². The quantitative estimate of drug-likeness (QED) is 0.362. The van der Waals surface area contributed by atoms with Gasteiger partial charge in [0.05, 0.1) is 0 Å².